The molecule has 0 aliphatic heterocycles. The molecule has 0 radical (unpaired) electrons. The fourth-order valence-corrected chi connectivity index (χ4v) is 1.89. The van der Waals surface area contributed by atoms with Crippen molar-refractivity contribution in [2.24, 2.45) is 0 Å². The van der Waals surface area contributed by atoms with Gasteiger partial charge >= 0.3 is 0 Å². The average molecular weight is 177 g/mol. The maximum Gasteiger partial charge on any atom is 0.0884 e. The van der Waals surface area contributed by atoms with Gasteiger partial charge in [-0.2, -0.15) is 0 Å². The predicted octanol–water partition coefficient (Wildman–Crippen LogP) is 2.11. The molecule has 2 nitrogen and oxygen atoms in total. The number of aryl methyl sites for hydroxylation is 2. The first kappa shape index (κ1) is 8.70. The number of nitrogens with zero attached hydrogens (tertiary/aromatic N) is 1. The van der Waals surface area contributed by atoms with Crippen LogP contribution in [-0.4, -0.2) is 12.1 Å². The Labute approximate surface area is 78.9 Å². The molecule has 0 spiro atoms. The van der Waals surface area contributed by atoms with Gasteiger partial charge < -0.3 is 4.74 Å². The largest absolute Gasteiger partial charge is 0.378 e. The molecule has 0 bridgehead atoms. The summed E-state index contributed by atoms with van der Waals surface area (Å²) in [7, 11) is 1.71. The van der Waals surface area contributed by atoms with Gasteiger partial charge in [0.15, 0.2) is 0 Å². The van der Waals surface area contributed by atoms with Gasteiger partial charge in [-0.15, -0.1) is 0 Å². The van der Waals surface area contributed by atoms with Gasteiger partial charge in [-0.25, -0.2) is 0 Å². The minimum Gasteiger partial charge on any atom is -0.378 e. The van der Waals surface area contributed by atoms with E-state index >= 15 is 0 Å². The zero-order chi connectivity index (χ0) is 9.10. The van der Waals surface area contributed by atoms with Gasteiger partial charge in [0.1, 0.15) is 0 Å². The molecule has 1 aromatic heterocycles. The van der Waals surface area contributed by atoms with Crippen LogP contribution < -0.4 is 0 Å². The topological polar surface area (TPSA) is 22.1 Å². The van der Waals surface area contributed by atoms with Crippen molar-refractivity contribution >= 4 is 0 Å². The molecule has 70 valence electrons. The van der Waals surface area contributed by atoms with Crippen LogP contribution in [0.1, 0.15) is 29.7 Å². The first-order valence-electron chi connectivity index (χ1n) is 4.86. The van der Waals surface area contributed by atoms with Crippen molar-refractivity contribution in [1.82, 2.24) is 4.98 Å². The molecular weight excluding hydrogens is 162 g/mol. The lowest BCUT2D eigenvalue weighted by Gasteiger charge is -2.15. The number of methoxy groups -OCH3 is 1. The molecule has 1 heterocycles. The number of pyridine rings is 1. The molecule has 0 fully saturated rings. The van der Waals surface area contributed by atoms with Gasteiger partial charge in [-0.1, -0.05) is 0 Å². The van der Waals surface area contributed by atoms with E-state index in [0.29, 0.717) is 6.61 Å². The van der Waals surface area contributed by atoms with E-state index in [9.17, 15) is 0 Å². The second-order valence-electron chi connectivity index (χ2n) is 3.58. The highest BCUT2D eigenvalue weighted by Gasteiger charge is 2.09. The van der Waals surface area contributed by atoms with E-state index in [1.807, 2.05) is 6.20 Å². The number of rotatable bonds is 2. The summed E-state index contributed by atoms with van der Waals surface area (Å²) >= 11 is 0. The van der Waals surface area contributed by atoms with Crippen molar-refractivity contribution in [2.75, 3.05) is 7.11 Å². The molecule has 0 aromatic carbocycles. The molecule has 0 unspecified atom stereocenters. The number of ether oxygens (including phenoxy) is 1. The Morgan fingerprint density at radius 2 is 2.08 bits per heavy atom. The molecular formula is C11H15NO. The predicted molar refractivity (Wildman–Crippen MR) is 51.6 cm³/mol. The van der Waals surface area contributed by atoms with Crippen LogP contribution in [-0.2, 0) is 24.2 Å². The van der Waals surface area contributed by atoms with Crippen LogP contribution >= 0.6 is 0 Å². The monoisotopic (exact) mass is 177 g/mol. The zero-order valence-electron chi connectivity index (χ0n) is 8.05. The van der Waals surface area contributed by atoms with Crippen LogP contribution in [0, 0.1) is 0 Å². The third-order valence-electron chi connectivity index (χ3n) is 2.57. The highest BCUT2D eigenvalue weighted by molar-refractivity contribution is 5.28. The van der Waals surface area contributed by atoms with Crippen LogP contribution in [0.25, 0.3) is 0 Å². The fourth-order valence-electron chi connectivity index (χ4n) is 1.89. The minimum absolute atomic E-state index is 0.632. The van der Waals surface area contributed by atoms with Gasteiger partial charge in [0.2, 0.25) is 0 Å². The van der Waals surface area contributed by atoms with E-state index in [-0.39, 0.29) is 0 Å². The lowest BCUT2D eigenvalue weighted by atomic mass is 9.93. The molecule has 2 heteroatoms. The van der Waals surface area contributed by atoms with E-state index in [2.05, 4.69) is 11.1 Å². The number of aromatic nitrogens is 1. The maximum atomic E-state index is 5.06. The molecule has 13 heavy (non-hydrogen) atoms. The van der Waals surface area contributed by atoms with E-state index < -0.39 is 0 Å². The maximum absolute atomic E-state index is 5.06. The molecule has 1 aromatic rings. The lowest BCUT2D eigenvalue weighted by Crippen LogP contribution is -2.05. The van der Waals surface area contributed by atoms with Gasteiger partial charge in [0.25, 0.3) is 0 Å². The third kappa shape index (κ3) is 1.89. The SMILES string of the molecule is COCc1cc2c(cn1)CCCC2. The Morgan fingerprint density at radius 3 is 2.85 bits per heavy atom. The summed E-state index contributed by atoms with van der Waals surface area (Å²) in [5, 5.41) is 0. The summed E-state index contributed by atoms with van der Waals surface area (Å²) in [6.07, 6.45) is 7.08. The lowest BCUT2D eigenvalue weighted by molar-refractivity contribution is 0.181. The first-order valence-corrected chi connectivity index (χ1v) is 4.86. The Balaban J connectivity index is 2.24. The van der Waals surface area contributed by atoms with Gasteiger partial charge in [0, 0.05) is 13.3 Å². The molecule has 1 aliphatic rings. The second kappa shape index (κ2) is 3.88. The van der Waals surface area contributed by atoms with Crippen molar-refractivity contribution in [3.8, 4) is 0 Å². The van der Waals surface area contributed by atoms with Crippen LogP contribution in [0.5, 0.6) is 0 Å². The standard InChI is InChI=1S/C11H15NO/c1-13-8-11-6-9-4-2-3-5-10(9)7-12-11/h6-7H,2-5,8H2,1H3. The molecule has 0 saturated carbocycles. The van der Waals surface area contributed by atoms with Crippen molar-refractivity contribution in [1.29, 1.82) is 0 Å². The first-order chi connectivity index (χ1) is 6.40. The normalized spacial score (nSPS) is 15.5. The van der Waals surface area contributed by atoms with E-state index in [1.54, 1.807) is 7.11 Å². The molecule has 1 aliphatic carbocycles. The summed E-state index contributed by atoms with van der Waals surface area (Å²) in [6, 6.07) is 2.19. The van der Waals surface area contributed by atoms with Gasteiger partial charge in [-0.3, -0.25) is 4.98 Å². The number of hydrogen-bond donors (Lipinski definition) is 0. The molecule has 2 rings (SSSR count). The molecule has 0 saturated heterocycles. The number of fused-ring (bicyclic) bond motifs is 1. The van der Waals surface area contributed by atoms with Gasteiger partial charge in [0.05, 0.1) is 12.3 Å². The average Bonchev–Trinajstić information content (AvgIpc) is 2.18. The van der Waals surface area contributed by atoms with Crippen LogP contribution in [0.2, 0.25) is 0 Å². The smallest absolute Gasteiger partial charge is 0.0884 e. The quantitative estimate of drug-likeness (QED) is 0.690. The van der Waals surface area contributed by atoms with Crippen molar-refractivity contribution < 1.29 is 4.74 Å². The zero-order valence-corrected chi connectivity index (χ0v) is 8.05. The van der Waals surface area contributed by atoms with Crippen LogP contribution in [0.15, 0.2) is 12.3 Å². The Hall–Kier alpha value is -0.890. The molecule has 0 amide bonds. The van der Waals surface area contributed by atoms with Gasteiger partial charge in [-0.05, 0) is 42.9 Å². The minimum atomic E-state index is 0.632. The van der Waals surface area contributed by atoms with E-state index in [0.717, 1.165) is 5.69 Å². The van der Waals surface area contributed by atoms with Crippen LogP contribution in [0.3, 0.4) is 0 Å². The molecule has 0 atom stereocenters. The summed E-state index contributed by atoms with van der Waals surface area (Å²) < 4.78 is 5.06. The van der Waals surface area contributed by atoms with Crippen molar-refractivity contribution in [3.05, 3.63) is 29.1 Å². The summed E-state index contributed by atoms with van der Waals surface area (Å²) in [5.41, 5.74) is 3.97. The third-order valence-corrected chi connectivity index (χ3v) is 2.57. The van der Waals surface area contributed by atoms with Crippen molar-refractivity contribution in [3.63, 3.8) is 0 Å². The van der Waals surface area contributed by atoms with Crippen molar-refractivity contribution in [2.45, 2.75) is 32.3 Å². The van der Waals surface area contributed by atoms with E-state index in [4.69, 9.17) is 4.74 Å². The highest BCUT2D eigenvalue weighted by Crippen LogP contribution is 2.20. The Bertz CT molecular complexity index is 296. The summed E-state index contributed by atoms with van der Waals surface area (Å²) in [4.78, 5) is 4.36. The Kier molecular flexibility index (Phi) is 2.60. The Morgan fingerprint density at radius 1 is 1.31 bits per heavy atom. The van der Waals surface area contributed by atoms with Crippen LogP contribution in [0.4, 0.5) is 0 Å². The highest BCUT2D eigenvalue weighted by atomic mass is 16.5. The second-order valence-corrected chi connectivity index (χ2v) is 3.58. The van der Waals surface area contributed by atoms with E-state index in [1.165, 1.54) is 36.8 Å². The fraction of sp³-hybridized carbons (Fsp3) is 0.545. The number of hydrogen-bond acceptors (Lipinski definition) is 2. The summed E-state index contributed by atoms with van der Waals surface area (Å²) in [5.74, 6) is 0. The summed E-state index contributed by atoms with van der Waals surface area (Å²) in [6.45, 7) is 0.632. The molecule has 0 N–H and O–H groups in total.